The van der Waals surface area contributed by atoms with Crippen LogP contribution in [0.3, 0.4) is 0 Å². The van der Waals surface area contributed by atoms with Gasteiger partial charge in [-0.3, -0.25) is 0 Å². The third-order valence-corrected chi connectivity index (χ3v) is 4.71. The molecule has 0 radical (unpaired) electrons. The monoisotopic (exact) mass is 257 g/mol. The van der Waals surface area contributed by atoms with Gasteiger partial charge in [-0.25, -0.2) is 0 Å². The third-order valence-electron chi connectivity index (χ3n) is 4.71. The molecule has 3 rings (SSSR count). The summed E-state index contributed by atoms with van der Waals surface area (Å²) in [6.45, 7) is 2.40. The molecule has 1 heterocycles. The third kappa shape index (κ3) is 2.30. The molecule has 1 atom stereocenters. The number of nitrogens with one attached hydrogen (secondary N) is 1. The number of hydrogen-bond donors (Lipinski definition) is 1. The van der Waals surface area contributed by atoms with Gasteiger partial charge in [-0.2, -0.15) is 0 Å². The van der Waals surface area contributed by atoms with E-state index in [1.807, 2.05) is 6.07 Å². The van der Waals surface area contributed by atoms with Crippen LogP contribution in [-0.4, -0.2) is 7.05 Å². The SMILES string of the molecule is CNC(c1cc2ccccc2o1)C1(C)CCCCC1. The highest BCUT2D eigenvalue weighted by atomic mass is 16.3. The van der Waals surface area contributed by atoms with Crippen molar-refractivity contribution in [1.29, 1.82) is 0 Å². The molecule has 19 heavy (non-hydrogen) atoms. The lowest BCUT2D eigenvalue weighted by molar-refractivity contribution is 0.136. The van der Waals surface area contributed by atoms with E-state index in [1.165, 1.54) is 37.5 Å². The summed E-state index contributed by atoms with van der Waals surface area (Å²) in [6, 6.07) is 10.8. The van der Waals surface area contributed by atoms with Gasteiger partial charge in [0.05, 0.1) is 6.04 Å². The average Bonchev–Trinajstić information content (AvgIpc) is 2.83. The van der Waals surface area contributed by atoms with Crippen LogP contribution in [0.2, 0.25) is 0 Å². The summed E-state index contributed by atoms with van der Waals surface area (Å²) < 4.78 is 6.08. The molecule has 2 heteroatoms. The number of benzene rings is 1. The quantitative estimate of drug-likeness (QED) is 0.864. The van der Waals surface area contributed by atoms with Crippen LogP contribution in [0.25, 0.3) is 11.0 Å². The van der Waals surface area contributed by atoms with Crippen LogP contribution in [0, 0.1) is 5.41 Å². The minimum atomic E-state index is 0.320. The van der Waals surface area contributed by atoms with Gasteiger partial charge < -0.3 is 9.73 Å². The molecule has 0 spiro atoms. The number of para-hydroxylation sites is 1. The maximum Gasteiger partial charge on any atom is 0.134 e. The highest BCUT2D eigenvalue weighted by Gasteiger charge is 2.37. The molecule has 0 saturated heterocycles. The van der Waals surface area contributed by atoms with Crippen molar-refractivity contribution in [3.05, 3.63) is 36.1 Å². The largest absolute Gasteiger partial charge is 0.459 e. The van der Waals surface area contributed by atoms with Gasteiger partial charge in [0.25, 0.3) is 0 Å². The molecular weight excluding hydrogens is 234 g/mol. The van der Waals surface area contributed by atoms with Gasteiger partial charge in [0, 0.05) is 5.39 Å². The van der Waals surface area contributed by atoms with Crippen LogP contribution in [0.15, 0.2) is 34.7 Å². The molecule has 1 unspecified atom stereocenters. The fourth-order valence-electron chi connectivity index (χ4n) is 3.63. The van der Waals surface area contributed by atoms with Crippen molar-refractivity contribution >= 4 is 11.0 Å². The number of fused-ring (bicyclic) bond motifs is 1. The summed E-state index contributed by atoms with van der Waals surface area (Å²) in [7, 11) is 2.05. The Morgan fingerprint density at radius 2 is 1.89 bits per heavy atom. The molecule has 2 aromatic rings. The van der Waals surface area contributed by atoms with Crippen LogP contribution in [0.5, 0.6) is 0 Å². The van der Waals surface area contributed by atoms with E-state index in [-0.39, 0.29) is 0 Å². The molecule has 2 nitrogen and oxygen atoms in total. The zero-order chi connectivity index (χ0) is 13.3. The molecule has 1 saturated carbocycles. The van der Waals surface area contributed by atoms with E-state index in [9.17, 15) is 0 Å². The molecule has 0 bridgehead atoms. The van der Waals surface area contributed by atoms with Gasteiger partial charge in [0.15, 0.2) is 0 Å². The van der Waals surface area contributed by atoms with E-state index in [0.717, 1.165) is 11.3 Å². The predicted molar refractivity (Wildman–Crippen MR) is 79.2 cm³/mol. The highest BCUT2D eigenvalue weighted by Crippen LogP contribution is 2.46. The van der Waals surface area contributed by atoms with Crippen LogP contribution in [-0.2, 0) is 0 Å². The molecule has 1 aromatic heterocycles. The molecule has 0 amide bonds. The molecule has 1 aromatic carbocycles. The topological polar surface area (TPSA) is 25.2 Å². The van der Waals surface area contributed by atoms with Crippen LogP contribution in [0.1, 0.15) is 50.8 Å². The first-order valence-corrected chi connectivity index (χ1v) is 7.39. The molecule has 1 fully saturated rings. The van der Waals surface area contributed by atoms with Gasteiger partial charge in [-0.15, -0.1) is 0 Å². The first kappa shape index (κ1) is 12.7. The molecule has 1 N–H and O–H groups in total. The smallest absolute Gasteiger partial charge is 0.134 e. The second-order valence-electron chi connectivity index (χ2n) is 6.12. The minimum absolute atomic E-state index is 0.320. The summed E-state index contributed by atoms with van der Waals surface area (Å²) in [5.41, 5.74) is 1.32. The standard InChI is InChI=1S/C17H23NO/c1-17(10-6-3-7-11-17)16(18-2)15-12-13-8-4-5-9-14(13)19-15/h4-5,8-9,12,16,18H,3,6-7,10-11H2,1-2H3. The minimum Gasteiger partial charge on any atom is -0.459 e. The Morgan fingerprint density at radius 3 is 2.58 bits per heavy atom. The lowest BCUT2D eigenvalue weighted by Gasteiger charge is -2.39. The number of rotatable bonds is 3. The van der Waals surface area contributed by atoms with Gasteiger partial charge in [-0.05, 0) is 37.4 Å². The number of furan rings is 1. The van der Waals surface area contributed by atoms with E-state index >= 15 is 0 Å². The Hall–Kier alpha value is -1.28. The van der Waals surface area contributed by atoms with Crippen LogP contribution < -0.4 is 5.32 Å². The Bertz CT molecular complexity index is 518. The lowest BCUT2D eigenvalue weighted by Crippen LogP contribution is -2.35. The summed E-state index contributed by atoms with van der Waals surface area (Å²) in [5, 5.41) is 4.70. The number of hydrogen-bond acceptors (Lipinski definition) is 2. The van der Waals surface area contributed by atoms with E-state index in [2.05, 4.69) is 43.6 Å². The van der Waals surface area contributed by atoms with E-state index < -0.39 is 0 Å². The van der Waals surface area contributed by atoms with Crippen molar-refractivity contribution in [1.82, 2.24) is 5.32 Å². The van der Waals surface area contributed by atoms with Crippen molar-refractivity contribution < 1.29 is 4.42 Å². The first-order valence-electron chi connectivity index (χ1n) is 7.39. The Morgan fingerprint density at radius 1 is 1.16 bits per heavy atom. The fraction of sp³-hybridized carbons (Fsp3) is 0.529. The highest BCUT2D eigenvalue weighted by molar-refractivity contribution is 5.77. The predicted octanol–water partition coefficient (Wildman–Crippen LogP) is 4.66. The lowest BCUT2D eigenvalue weighted by atomic mass is 9.70. The van der Waals surface area contributed by atoms with Gasteiger partial charge in [0.1, 0.15) is 11.3 Å². The van der Waals surface area contributed by atoms with Gasteiger partial charge in [0.2, 0.25) is 0 Å². The molecule has 1 aliphatic rings. The summed E-state index contributed by atoms with van der Waals surface area (Å²) in [4.78, 5) is 0. The van der Waals surface area contributed by atoms with E-state index in [1.54, 1.807) is 0 Å². The normalized spacial score (nSPS) is 20.5. The van der Waals surface area contributed by atoms with Crippen LogP contribution in [0.4, 0.5) is 0 Å². The van der Waals surface area contributed by atoms with Crippen LogP contribution >= 0.6 is 0 Å². The van der Waals surface area contributed by atoms with Crippen molar-refractivity contribution in [2.45, 2.75) is 45.1 Å². The van der Waals surface area contributed by atoms with E-state index in [4.69, 9.17) is 4.42 Å². The molecule has 0 aliphatic heterocycles. The first-order chi connectivity index (χ1) is 9.23. The van der Waals surface area contributed by atoms with Crippen molar-refractivity contribution in [2.24, 2.45) is 5.41 Å². The summed E-state index contributed by atoms with van der Waals surface area (Å²) >= 11 is 0. The van der Waals surface area contributed by atoms with Gasteiger partial charge >= 0.3 is 0 Å². The fourth-order valence-corrected chi connectivity index (χ4v) is 3.63. The van der Waals surface area contributed by atoms with Crippen molar-refractivity contribution in [2.75, 3.05) is 7.05 Å². The summed E-state index contributed by atoms with van der Waals surface area (Å²) in [5.74, 6) is 1.09. The second-order valence-corrected chi connectivity index (χ2v) is 6.12. The molecule has 1 aliphatic carbocycles. The second kappa shape index (κ2) is 5.01. The Kier molecular flexibility index (Phi) is 3.36. The Labute approximate surface area is 115 Å². The molecule has 102 valence electrons. The zero-order valence-electron chi connectivity index (χ0n) is 11.9. The van der Waals surface area contributed by atoms with Crippen molar-refractivity contribution in [3.8, 4) is 0 Å². The summed E-state index contributed by atoms with van der Waals surface area (Å²) in [6.07, 6.45) is 6.64. The molecular formula is C17H23NO. The maximum absolute atomic E-state index is 6.08. The van der Waals surface area contributed by atoms with Crippen molar-refractivity contribution in [3.63, 3.8) is 0 Å². The average molecular weight is 257 g/mol. The zero-order valence-corrected chi connectivity index (χ0v) is 11.9. The van der Waals surface area contributed by atoms with E-state index in [0.29, 0.717) is 11.5 Å². The van der Waals surface area contributed by atoms with Gasteiger partial charge in [-0.1, -0.05) is 44.4 Å². The maximum atomic E-state index is 6.08. The Balaban J connectivity index is 1.96.